The van der Waals surface area contributed by atoms with Crippen LogP contribution in [0.2, 0.25) is 0 Å². The van der Waals surface area contributed by atoms with Gasteiger partial charge in [0.05, 0.1) is 0 Å². The van der Waals surface area contributed by atoms with Gasteiger partial charge < -0.3 is 16.4 Å². The smallest absolute Gasteiger partial charge is 0.248 e. The van der Waals surface area contributed by atoms with Crippen LogP contribution in [0.3, 0.4) is 0 Å². The molecule has 1 heterocycles. The summed E-state index contributed by atoms with van der Waals surface area (Å²) in [6.45, 7) is 3.29. The molecule has 6 heteroatoms. The summed E-state index contributed by atoms with van der Waals surface area (Å²) in [5, 5.41) is 5.84. The summed E-state index contributed by atoms with van der Waals surface area (Å²) in [6, 6.07) is 2.49. The summed E-state index contributed by atoms with van der Waals surface area (Å²) in [4.78, 5) is 23.1. The molecule has 1 unspecified atom stereocenters. The Bertz CT molecular complexity index is 539. The Morgan fingerprint density at radius 3 is 2.85 bits per heavy atom. The third-order valence-corrected chi connectivity index (χ3v) is 3.54. The summed E-state index contributed by atoms with van der Waals surface area (Å²) in [7, 11) is 0. The van der Waals surface area contributed by atoms with Crippen LogP contribution < -0.4 is 16.4 Å². The molecule has 20 heavy (non-hydrogen) atoms. The van der Waals surface area contributed by atoms with Crippen LogP contribution in [0.4, 0.5) is 10.1 Å². The second kappa shape index (κ2) is 6.00. The molecule has 0 aromatic heterocycles. The van der Waals surface area contributed by atoms with Crippen LogP contribution in [0.25, 0.3) is 0 Å². The van der Waals surface area contributed by atoms with Gasteiger partial charge in [-0.25, -0.2) is 4.39 Å². The molecule has 1 aromatic rings. The number of amides is 2. The van der Waals surface area contributed by atoms with Crippen molar-refractivity contribution in [3.63, 3.8) is 0 Å². The summed E-state index contributed by atoms with van der Waals surface area (Å²) in [6.07, 6.45) is 1.34. The largest absolute Gasteiger partial charge is 0.366 e. The first-order chi connectivity index (χ1) is 9.47. The van der Waals surface area contributed by atoms with Crippen molar-refractivity contribution < 1.29 is 14.0 Å². The average Bonchev–Trinajstić information content (AvgIpc) is 2.87. The lowest BCUT2D eigenvalue weighted by Crippen LogP contribution is -2.20. The first kappa shape index (κ1) is 14.5. The molecular formula is C14H18FN3O2. The molecule has 2 rings (SSSR count). The predicted molar refractivity (Wildman–Crippen MR) is 73.9 cm³/mol. The van der Waals surface area contributed by atoms with Crippen LogP contribution in [0, 0.1) is 18.7 Å². The molecule has 5 nitrogen and oxygen atoms in total. The Morgan fingerprint density at radius 1 is 1.50 bits per heavy atom. The van der Waals surface area contributed by atoms with Gasteiger partial charge in [-0.2, -0.15) is 0 Å². The highest BCUT2D eigenvalue weighted by Crippen LogP contribution is 2.22. The second-order valence-corrected chi connectivity index (χ2v) is 5.11. The molecule has 1 aliphatic heterocycles. The van der Waals surface area contributed by atoms with E-state index in [4.69, 9.17) is 5.73 Å². The lowest BCUT2D eigenvalue weighted by molar-refractivity contribution is -0.117. The molecule has 4 N–H and O–H groups in total. The van der Waals surface area contributed by atoms with Gasteiger partial charge in [-0.05, 0) is 44.5 Å². The molecule has 1 fully saturated rings. The van der Waals surface area contributed by atoms with Crippen LogP contribution in [0.15, 0.2) is 12.1 Å². The van der Waals surface area contributed by atoms with E-state index in [0.717, 1.165) is 25.6 Å². The van der Waals surface area contributed by atoms with E-state index in [-0.39, 0.29) is 11.5 Å². The van der Waals surface area contributed by atoms with Crippen LogP contribution in [0.1, 0.15) is 28.8 Å². The van der Waals surface area contributed by atoms with Gasteiger partial charge in [-0.1, -0.05) is 0 Å². The topological polar surface area (TPSA) is 84.2 Å². The normalized spacial score (nSPS) is 18.0. The molecule has 0 aliphatic carbocycles. The number of hydrogen-bond donors (Lipinski definition) is 3. The maximum absolute atomic E-state index is 13.7. The highest BCUT2D eigenvalue weighted by molar-refractivity contribution is 5.97. The standard InChI is InChI=1S/C14H18FN3O2/c1-8-11(15)5-10(14(16)20)6-12(8)18-13(19)4-9-2-3-17-7-9/h5-6,9,17H,2-4,7H2,1H3,(H2,16,20)(H,18,19). The Hall–Kier alpha value is -1.95. The minimum Gasteiger partial charge on any atom is -0.366 e. The highest BCUT2D eigenvalue weighted by Gasteiger charge is 2.19. The van der Waals surface area contributed by atoms with Gasteiger partial charge in [-0.3, -0.25) is 9.59 Å². The van der Waals surface area contributed by atoms with Crippen molar-refractivity contribution in [1.29, 1.82) is 0 Å². The van der Waals surface area contributed by atoms with Crippen LogP contribution >= 0.6 is 0 Å². The molecule has 0 saturated carbocycles. The van der Waals surface area contributed by atoms with E-state index < -0.39 is 11.7 Å². The number of carbonyl (C=O) groups is 2. The fourth-order valence-corrected chi connectivity index (χ4v) is 2.30. The van der Waals surface area contributed by atoms with E-state index in [1.807, 2.05) is 0 Å². The molecule has 0 radical (unpaired) electrons. The zero-order valence-corrected chi connectivity index (χ0v) is 11.3. The van der Waals surface area contributed by atoms with E-state index in [1.165, 1.54) is 6.07 Å². The lowest BCUT2D eigenvalue weighted by Gasteiger charge is -2.12. The van der Waals surface area contributed by atoms with Crippen LogP contribution in [-0.4, -0.2) is 24.9 Å². The zero-order chi connectivity index (χ0) is 14.7. The molecule has 1 saturated heterocycles. The van der Waals surface area contributed by atoms with Gasteiger partial charge in [0, 0.05) is 23.2 Å². The SMILES string of the molecule is Cc1c(F)cc(C(N)=O)cc1NC(=O)CC1CCNC1. The van der Waals surface area contributed by atoms with Crippen molar-refractivity contribution in [2.45, 2.75) is 19.8 Å². The van der Waals surface area contributed by atoms with Gasteiger partial charge in [-0.15, -0.1) is 0 Å². The van der Waals surface area contributed by atoms with E-state index in [9.17, 15) is 14.0 Å². The number of rotatable bonds is 4. The number of anilines is 1. The van der Waals surface area contributed by atoms with Crippen LogP contribution in [0.5, 0.6) is 0 Å². The molecular weight excluding hydrogens is 261 g/mol. The highest BCUT2D eigenvalue weighted by atomic mass is 19.1. The molecule has 0 bridgehead atoms. The molecule has 2 amide bonds. The maximum atomic E-state index is 13.7. The van der Waals surface area contributed by atoms with Gasteiger partial charge in [0.2, 0.25) is 11.8 Å². The maximum Gasteiger partial charge on any atom is 0.248 e. The lowest BCUT2D eigenvalue weighted by atomic mass is 10.0. The second-order valence-electron chi connectivity index (χ2n) is 5.11. The third kappa shape index (κ3) is 3.33. The van der Waals surface area contributed by atoms with Crippen molar-refractivity contribution in [2.24, 2.45) is 11.7 Å². The van der Waals surface area contributed by atoms with Crippen molar-refractivity contribution in [3.8, 4) is 0 Å². The fraction of sp³-hybridized carbons (Fsp3) is 0.429. The summed E-state index contributed by atoms with van der Waals surface area (Å²) in [5.74, 6) is -1.15. The van der Waals surface area contributed by atoms with Crippen molar-refractivity contribution in [2.75, 3.05) is 18.4 Å². The zero-order valence-electron chi connectivity index (χ0n) is 11.3. The quantitative estimate of drug-likeness (QED) is 0.773. The molecule has 1 aromatic carbocycles. The number of hydrogen-bond acceptors (Lipinski definition) is 3. The summed E-state index contributed by atoms with van der Waals surface area (Å²) < 4.78 is 13.7. The van der Waals surface area contributed by atoms with Crippen LogP contribution in [-0.2, 0) is 4.79 Å². The summed E-state index contributed by atoms with van der Waals surface area (Å²) >= 11 is 0. The molecule has 0 spiro atoms. The minimum absolute atomic E-state index is 0.0472. The van der Waals surface area contributed by atoms with Crippen molar-refractivity contribution in [1.82, 2.24) is 5.32 Å². The molecule has 1 atom stereocenters. The monoisotopic (exact) mass is 279 g/mol. The predicted octanol–water partition coefficient (Wildman–Crippen LogP) is 1.17. The third-order valence-electron chi connectivity index (χ3n) is 3.54. The number of nitrogens with two attached hydrogens (primary N) is 1. The Morgan fingerprint density at radius 2 is 2.25 bits per heavy atom. The van der Waals surface area contributed by atoms with Gasteiger partial charge in [0.15, 0.2) is 0 Å². The van der Waals surface area contributed by atoms with Gasteiger partial charge in [0.1, 0.15) is 5.82 Å². The van der Waals surface area contributed by atoms with E-state index >= 15 is 0 Å². The van der Waals surface area contributed by atoms with E-state index in [2.05, 4.69) is 10.6 Å². The Labute approximate surface area is 116 Å². The average molecular weight is 279 g/mol. The van der Waals surface area contributed by atoms with Gasteiger partial charge >= 0.3 is 0 Å². The minimum atomic E-state index is -0.723. The van der Waals surface area contributed by atoms with Gasteiger partial charge in [0.25, 0.3) is 0 Å². The first-order valence-electron chi connectivity index (χ1n) is 6.58. The van der Waals surface area contributed by atoms with E-state index in [1.54, 1.807) is 6.92 Å². The number of carbonyl (C=O) groups excluding carboxylic acids is 2. The number of benzene rings is 1. The first-order valence-corrected chi connectivity index (χ1v) is 6.58. The molecule has 1 aliphatic rings. The van der Waals surface area contributed by atoms with E-state index in [0.29, 0.717) is 23.6 Å². The van der Waals surface area contributed by atoms with Crippen molar-refractivity contribution in [3.05, 3.63) is 29.1 Å². The molecule has 108 valence electrons. The summed E-state index contributed by atoms with van der Waals surface area (Å²) in [5.41, 5.74) is 5.78. The Kier molecular flexibility index (Phi) is 4.34. The number of primary amides is 1. The van der Waals surface area contributed by atoms with Crippen molar-refractivity contribution >= 4 is 17.5 Å². The Balaban J connectivity index is 2.11. The number of nitrogens with one attached hydrogen (secondary N) is 2. The fourth-order valence-electron chi connectivity index (χ4n) is 2.30. The number of halogens is 1.